The zero-order valence-electron chi connectivity index (χ0n) is 7.76. The van der Waals surface area contributed by atoms with Gasteiger partial charge in [-0.2, -0.15) is 0 Å². The number of ether oxygens (including phenoxy) is 1. The van der Waals surface area contributed by atoms with Crippen LogP contribution in [0.15, 0.2) is 12.1 Å². The fourth-order valence-corrected chi connectivity index (χ4v) is 2.23. The van der Waals surface area contributed by atoms with Crippen LogP contribution in [0, 0.1) is 3.57 Å². The van der Waals surface area contributed by atoms with E-state index >= 15 is 0 Å². The van der Waals surface area contributed by atoms with Crippen molar-refractivity contribution in [3.8, 4) is 5.75 Å². The Kier molecular flexibility index (Phi) is 2.62. The van der Waals surface area contributed by atoms with E-state index in [1.54, 1.807) is 0 Å². The van der Waals surface area contributed by atoms with Crippen LogP contribution in [0.2, 0.25) is 0 Å². The molecular formula is C10H10INO2. The Balaban J connectivity index is 2.43. The smallest absolute Gasteiger partial charge is 0.221 e. The van der Waals surface area contributed by atoms with Crippen molar-refractivity contribution in [1.29, 1.82) is 0 Å². The van der Waals surface area contributed by atoms with Gasteiger partial charge in [0.25, 0.3) is 0 Å². The van der Waals surface area contributed by atoms with Gasteiger partial charge < -0.3 is 10.1 Å². The number of halogens is 1. The maximum Gasteiger partial charge on any atom is 0.221 e. The van der Waals surface area contributed by atoms with Crippen LogP contribution in [0.5, 0.6) is 5.75 Å². The largest absolute Gasteiger partial charge is 0.492 e. The summed E-state index contributed by atoms with van der Waals surface area (Å²) in [6.45, 7) is 2.22. The van der Waals surface area contributed by atoms with Gasteiger partial charge in [-0.15, -0.1) is 0 Å². The van der Waals surface area contributed by atoms with Crippen LogP contribution in [-0.4, -0.2) is 12.5 Å². The zero-order valence-corrected chi connectivity index (χ0v) is 9.92. The topological polar surface area (TPSA) is 38.3 Å². The van der Waals surface area contributed by atoms with Gasteiger partial charge in [0.2, 0.25) is 5.91 Å². The fraction of sp³-hybridized carbons (Fsp3) is 0.300. The minimum Gasteiger partial charge on any atom is -0.492 e. The first kappa shape index (κ1) is 9.76. The molecule has 0 radical (unpaired) electrons. The van der Waals surface area contributed by atoms with Crippen LogP contribution in [0.3, 0.4) is 0 Å². The van der Waals surface area contributed by atoms with Gasteiger partial charge in [-0.1, -0.05) is 0 Å². The summed E-state index contributed by atoms with van der Waals surface area (Å²) in [4.78, 5) is 10.9. The minimum absolute atomic E-state index is 0.0414. The first-order chi connectivity index (χ1) is 6.68. The number of carbonyl (C=O) groups excluding carboxylic acids is 1. The molecule has 74 valence electrons. The van der Waals surface area contributed by atoms with Crippen LogP contribution < -0.4 is 10.1 Å². The number of anilines is 1. The Morgan fingerprint density at radius 1 is 1.57 bits per heavy atom. The lowest BCUT2D eigenvalue weighted by atomic mass is 10.1. The molecule has 0 aliphatic carbocycles. The molecule has 0 bridgehead atoms. The first-order valence-corrected chi connectivity index (χ1v) is 5.48. The summed E-state index contributed by atoms with van der Waals surface area (Å²) in [5, 5.41) is 2.81. The van der Waals surface area contributed by atoms with Gasteiger partial charge in [0.05, 0.1) is 10.2 Å². The summed E-state index contributed by atoms with van der Waals surface area (Å²) in [5.41, 5.74) is 2.00. The highest BCUT2D eigenvalue weighted by Gasteiger charge is 2.19. The third-order valence-electron chi connectivity index (χ3n) is 2.12. The van der Waals surface area contributed by atoms with Gasteiger partial charge in [0, 0.05) is 24.6 Å². The standard InChI is InChI=1S/C10H10INO2/c1-6(13)12-9-3-2-8(11)10-7(9)4-5-14-10/h2-3H,4-5H2,1H3,(H,12,13). The lowest BCUT2D eigenvalue weighted by Crippen LogP contribution is -2.07. The molecule has 1 N–H and O–H groups in total. The van der Waals surface area contributed by atoms with Gasteiger partial charge in [-0.05, 0) is 34.7 Å². The maximum atomic E-state index is 10.9. The molecule has 0 aromatic heterocycles. The molecule has 1 heterocycles. The van der Waals surface area contributed by atoms with Crippen molar-refractivity contribution >= 4 is 34.2 Å². The van der Waals surface area contributed by atoms with Crippen LogP contribution in [0.1, 0.15) is 12.5 Å². The van der Waals surface area contributed by atoms with E-state index in [2.05, 4.69) is 27.9 Å². The average molecular weight is 303 g/mol. The molecule has 1 aliphatic rings. The summed E-state index contributed by atoms with van der Waals surface area (Å²) in [5.74, 6) is 0.886. The Morgan fingerprint density at radius 2 is 2.36 bits per heavy atom. The third-order valence-corrected chi connectivity index (χ3v) is 2.97. The number of hydrogen-bond donors (Lipinski definition) is 1. The molecule has 1 aromatic carbocycles. The molecule has 1 amide bonds. The molecular weight excluding hydrogens is 293 g/mol. The van der Waals surface area contributed by atoms with Gasteiger partial charge in [0.1, 0.15) is 5.75 Å². The zero-order chi connectivity index (χ0) is 10.1. The second-order valence-electron chi connectivity index (χ2n) is 3.18. The molecule has 0 atom stereocenters. The summed E-state index contributed by atoms with van der Waals surface area (Å²) in [6.07, 6.45) is 0.877. The van der Waals surface area contributed by atoms with E-state index in [-0.39, 0.29) is 5.91 Å². The van der Waals surface area contributed by atoms with Crippen molar-refractivity contribution < 1.29 is 9.53 Å². The number of fused-ring (bicyclic) bond motifs is 1. The molecule has 3 nitrogen and oxygen atoms in total. The monoisotopic (exact) mass is 303 g/mol. The molecule has 14 heavy (non-hydrogen) atoms. The van der Waals surface area contributed by atoms with Crippen LogP contribution >= 0.6 is 22.6 Å². The maximum absolute atomic E-state index is 10.9. The highest BCUT2D eigenvalue weighted by molar-refractivity contribution is 14.1. The van der Waals surface area contributed by atoms with Gasteiger partial charge in [-0.25, -0.2) is 0 Å². The summed E-state index contributed by atoms with van der Waals surface area (Å²) >= 11 is 2.24. The van der Waals surface area contributed by atoms with Gasteiger partial charge in [-0.3, -0.25) is 4.79 Å². The molecule has 0 spiro atoms. The second kappa shape index (κ2) is 3.76. The summed E-state index contributed by atoms with van der Waals surface area (Å²) in [7, 11) is 0. The number of hydrogen-bond acceptors (Lipinski definition) is 2. The molecule has 0 saturated heterocycles. The fourth-order valence-electron chi connectivity index (χ4n) is 1.57. The molecule has 0 fully saturated rings. The Bertz CT molecular complexity index is 390. The van der Waals surface area contributed by atoms with E-state index in [0.29, 0.717) is 6.61 Å². The normalized spacial score (nSPS) is 13.3. The summed E-state index contributed by atoms with van der Waals surface area (Å²) < 4.78 is 6.59. The quantitative estimate of drug-likeness (QED) is 0.808. The number of carbonyl (C=O) groups is 1. The van der Waals surface area contributed by atoms with Crippen molar-refractivity contribution in [1.82, 2.24) is 0 Å². The molecule has 1 aromatic rings. The highest BCUT2D eigenvalue weighted by Crippen LogP contribution is 2.35. The molecule has 2 rings (SSSR count). The number of nitrogens with one attached hydrogen (secondary N) is 1. The van der Waals surface area contributed by atoms with E-state index in [0.717, 1.165) is 27.0 Å². The minimum atomic E-state index is -0.0414. The van der Waals surface area contributed by atoms with Gasteiger partial charge in [0.15, 0.2) is 0 Å². The van der Waals surface area contributed by atoms with Crippen molar-refractivity contribution in [3.63, 3.8) is 0 Å². The van der Waals surface area contributed by atoms with Crippen molar-refractivity contribution in [2.75, 3.05) is 11.9 Å². The van der Waals surface area contributed by atoms with Crippen LogP contribution in [0.4, 0.5) is 5.69 Å². The molecule has 0 saturated carbocycles. The van der Waals surface area contributed by atoms with E-state index in [9.17, 15) is 4.79 Å². The van der Waals surface area contributed by atoms with E-state index in [1.807, 2.05) is 12.1 Å². The number of benzene rings is 1. The van der Waals surface area contributed by atoms with E-state index in [4.69, 9.17) is 4.74 Å². The average Bonchev–Trinajstić information content (AvgIpc) is 2.58. The van der Waals surface area contributed by atoms with Crippen LogP contribution in [-0.2, 0) is 11.2 Å². The van der Waals surface area contributed by atoms with E-state index in [1.165, 1.54) is 6.92 Å². The van der Waals surface area contributed by atoms with Crippen LogP contribution in [0.25, 0.3) is 0 Å². The predicted molar refractivity (Wildman–Crippen MR) is 62.7 cm³/mol. The predicted octanol–water partition coefficient (Wildman–Crippen LogP) is 2.18. The number of amides is 1. The second-order valence-corrected chi connectivity index (χ2v) is 4.34. The van der Waals surface area contributed by atoms with E-state index < -0.39 is 0 Å². The first-order valence-electron chi connectivity index (χ1n) is 4.40. The lowest BCUT2D eigenvalue weighted by Gasteiger charge is -2.08. The summed E-state index contributed by atoms with van der Waals surface area (Å²) in [6, 6.07) is 3.88. The van der Waals surface area contributed by atoms with Gasteiger partial charge >= 0.3 is 0 Å². The third kappa shape index (κ3) is 1.70. The number of rotatable bonds is 1. The lowest BCUT2D eigenvalue weighted by molar-refractivity contribution is -0.114. The van der Waals surface area contributed by atoms with Crippen molar-refractivity contribution in [2.45, 2.75) is 13.3 Å². The Morgan fingerprint density at radius 3 is 3.07 bits per heavy atom. The molecule has 4 heteroatoms. The highest BCUT2D eigenvalue weighted by atomic mass is 127. The molecule has 1 aliphatic heterocycles. The SMILES string of the molecule is CC(=O)Nc1ccc(I)c2c1CCO2. The van der Waals surface area contributed by atoms with Crippen molar-refractivity contribution in [3.05, 3.63) is 21.3 Å². The Labute approximate surface area is 96.0 Å². The van der Waals surface area contributed by atoms with Crippen molar-refractivity contribution in [2.24, 2.45) is 0 Å². The molecule has 0 unspecified atom stereocenters. The Hall–Kier alpha value is -0.780.